The van der Waals surface area contributed by atoms with Gasteiger partial charge in [-0.05, 0) is 36.5 Å². The molecule has 2 rings (SSSR count). The average molecular weight is 315 g/mol. The molecular formula is C15H20BrFO. The lowest BCUT2D eigenvalue weighted by atomic mass is 9.96. The Hall–Kier alpha value is -0.410. The minimum absolute atomic E-state index is 0.232. The normalized spacial score (nSPS) is 18.2. The molecule has 1 fully saturated rings. The van der Waals surface area contributed by atoms with E-state index in [4.69, 9.17) is 0 Å². The molecule has 0 spiro atoms. The van der Waals surface area contributed by atoms with Crippen molar-refractivity contribution in [2.24, 2.45) is 5.92 Å². The summed E-state index contributed by atoms with van der Waals surface area (Å²) >= 11 is 3.24. The van der Waals surface area contributed by atoms with Crippen LogP contribution in [0.3, 0.4) is 0 Å². The van der Waals surface area contributed by atoms with Gasteiger partial charge in [0.25, 0.3) is 0 Å². The van der Waals surface area contributed by atoms with Crippen LogP contribution in [0.25, 0.3) is 0 Å². The Morgan fingerprint density at radius 1 is 1.33 bits per heavy atom. The molecule has 0 bridgehead atoms. The second-order valence-corrected chi connectivity index (χ2v) is 6.24. The van der Waals surface area contributed by atoms with Gasteiger partial charge in [0, 0.05) is 10.9 Å². The van der Waals surface area contributed by atoms with Gasteiger partial charge in [-0.2, -0.15) is 0 Å². The standard InChI is InChI=1S/C15H20BrFO/c16-13-7-6-12(15(17)10-13)9-14(18)8-5-11-3-1-2-4-11/h6-7,10-11,14,18H,1-5,8-9H2. The lowest BCUT2D eigenvalue weighted by Gasteiger charge is -2.14. The Bertz CT molecular complexity index is 388. The highest BCUT2D eigenvalue weighted by molar-refractivity contribution is 9.10. The van der Waals surface area contributed by atoms with Crippen molar-refractivity contribution in [1.29, 1.82) is 0 Å². The highest BCUT2D eigenvalue weighted by Crippen LogP contribution is 2.29. The number of aliphatic hydroxyl groups is 1. The molecule has 1 unspecified atom stereocenters. The topological polar surface area (TPSA) is 20.2 Å². The van der Waals surface area contributed by atoms with Gasteiger partial charge in [-0.3, -0.25) is 0 Å². The van der Waals surface area contributed by atoms with E-state index in [9.17, 15) is 9.50 Å². The van der Waals surface area contributed by atoms with Crippen LogP contribution >= 0.6 is 15.9 Å². The summed E-state index contributed by atoms with van der Waals surface area (Å²) in [5, 5.41) is 9.98. The van der Waals surface area contributed by atoms with Gasteiger partial charge in [-0.1, -0.05) is 47.7 Å². The third kappa shape index (κ3) is 4.06. The van der Waals surface area contributed by atoms with Gasteiger partial charge in [0.05, 0.1) is 6.10 Å². The van der Waals surface area contributed by atoms with Gasteiger partial charge in [0.1, 0.15) is 5.82 Å². The second-order valence-electron chi connectivity index (χ2n) is 5.32. The van der Waals surface area contributed by atoms with Crippen molar-refractivity contribution in [2.75, 3.05) is 0 Å². The first-order valence-electron chi connectivity index (χ1n) is 6.77. The van der Waals surface area contributed by atoms with Crippen molar-refractivity contribution in [2.45, 2.75) is 51.0 Å². The molecule has 18 heavy (non-hydrogen) atoms. The summed E-state index contributed by atoms with van der Waals surface area (Å²) in [4.78, 5) is 0. The second kappa shape index (κ2) is 6.67. The van der Waals surface area contributed by atoms with Crippen molar-refractivity contribution in [3.63, 3.8) is 0 Å². The van der Waals surface area contributed by atoms with E-state index < -0.39 is 6.10 Å². The van der Waals surface area contributed by atoms with Crippen LogP contribution in [0.2, 0.25) is 0 Å². The molecule has 1 aliphatic rings. The third-order valence-electron chi connectivity index (χ3n) is 3.85. The first-order valence-corrected chi connectivity index (χ1v) is 7.56. The van der Waals surface area contributed by atoms with Crippen LogP contribution in [0.4, 0.5) is 4.39 Å². The van der Waals surface area contributed by atoms with Gasteiger partial charge in [-0.25, -0.2) is 4.39 Å². The highest BCUT2D eigenvalue weighted by atomic mass is 79.9. The first kappa shape index (κ1) is 14.0. The molecule has 3 heteroatoms. The molecule has 100 valence electrons. The third-order valence-corrected chi connectivity index (χ3v) is 4.35. The maximum atomic E-state index is 13.6. The van der Waals surface area contributed by atoms with E-state index in [1.807, 2.05) is 6.07 Å². The van der Waals surface area contributed by atoms with Crippen LogP contribution in [-0.4, -0.2) is 11.2 Å². The van der Waals surface area contributed by atoms with Crippen molar-refractivity contribution >= 4 is 15.9 Å². The Morgan fingerprint density at radius 2 is 2.06 bits per heavy atom. The zero-order valence-electron chi connectivity index (χ0n) is 10.5. The van der Waals surface area contributed by atoms with Gasteiger partial charge >= 0.3 is 0 Å². The summed E-state index contributed by atoms with van der Waals surface area (Å²) in [5.41, 5.74) is 0.608. The summed E-state index contributed by atoms with van der Waals surface area (Å²) in [5.74, 6) is 0.554. The molecular weight excluding hydrogens is 295 g/mol. The maximum absolute atomic E-state index is 13.6. The van der Waals surface area contributed by atoms with Crippen LogP contribution < -0.4 is 0 Å². The van der Waals surface area contributed by atoms with E-state index in [2.05, 4.69) is 15.9 Å². The van der Waals surface area contributed by atoms with Gasteiger partial charge in [0.2, 0.25) is 0 Å². The summed E-state index contributed by atoms with van der Waals surface area (Å²) in [6.45, 7) is 0. The van der Waals surface area contributed by atoms with Gasteiger partial charge in [0.15, 0.2) is 0 Å². The molecule has 0 aliphatic heterocycles. The minimum Gasteiger partial charge on any atom is -0.393 e. The number of halogens is 2. The Labute approximate surface area is 117 Å². The van der Waals surface area contributed by atoms with Gasteiger partial charge in [-0.15, -0.1) is 0 Å². The van der Waals surface area contributed by atoms with Crippen LogP contribution in [0.15, 0.2) is 22.7 Å². The Balaban J connectivity index is 1.80. The fourth-order valence-electron chi connectivity index (χ4n) is 2.77. The molecule has 1 saturated carbocycles. The van der Waals surface area contributed by atoms with E-state index in [1.165, 1.54) is 31.7 Å². The van der Waals surface area contributed by atoms with E-state index >= 15 is 0 Å². The molecule has 1 atom stereocenters. The minimum atomic E-state index is -0.415. The summed E-state index contributed by atoms with van der Waals surface area (Å²) < 4.78 is 14.4. The largest absolute Gasteiger partial charge is 0.393 e. The van der Waals surface area contributed by atoms with E-state index in [0.717, 1.165) is 23.2 Å². The number of hydrogen-bond donors (Lipinski definition) is 1. The zero-order chi connectivity index (χ0) is 13.0. The number of hydrogen-bond acceptors (Lipinski definition) is 1. The molecule has 0 saturated heterocycles. The molecule has 1 nitrogen and oxygen atoms in total. The average Bonchev–Trinajstić information content (AvgIpc) is 2.83. The van der Waals surface area contributed by atoms with E-state index in [1.54, 1.807) is 6.07 Å². The van der Waals surface area contributed by atoms with E-state index in [0.29, 0.717) is 12.0 Å². The maximum Gasteiger partial charge on any atom is 0.127 e. The zero-order valence-corrected chi connectivity index (χ0v) is 12.1. The quantitative estimate of drug-likeness (QED) is 0.850. The lowest BCUT2D eigenvalue weighted by molar-refractivity contribution is 0.153. The summed E-state index contributed by atoms with van der Waals surface area (Å²) in [6, 6.07) is 5.03. The molecule has 1 aromatic rings. The first-order chi connectivity index (χ1) is 8.65. The van der Waals surface area contributed by atoms with Crippen molar-refractivity contribution in [3.05, 3.63) is 34.1 Å². The van der Waals surface area contributed by atoms with Crippen LogP contribution in [-0.2, 0) is 6.42 Å². The van der Waals surface area contributed by atoms with Crippen molar-refractivity contribution < 1.29 is 9.50 Å². The number of rotatable bonds is 5. The molecule has 0 aromatic heterocycles. The van der Waals surface area contributed by atoms with Crippen LogP contribution in [0, 0.1) is 11.7 Å². The molecule has 0 heterocycles. The highest BCUT2D eigenvalue weighted by Gasteiger charge is 2.17. The Morgan fingerprint density at radius 3 is 2.72 bits per heavy atom. The fraction of sp³-hybridized carbons (Fsp3) is 0.600. The van der Waals surface area contributed by atoms with Crippen LogP contribution in [0.5, 0.6) is 0 Å². The predicted octanol–water partition coefficient (Wildman–Crippen LogP) is 4.46. The predicted molar refractivity (Wildman–Crippen MR) is 75.0 cm³/mol. The van der Waals surface area contributed by atoms with Crippen molar-refractivity contribution in [1.82, 2.24) is 0 Å². The Kier molecular flexibility index (Phi) is 5.19. The molecule has 1 aromatic carbocycles. The van der Waals surface area contributed by atoms with E-state index in [-0.39, 0.29) is 5.82 Å². The molecule has 0 amide bonds. The van der Waals surface area contributed by atoms with Gasteiger partial charge < -0.3 is 5.11 Å². The molecule has 0 radical (unpaired) electrons. The van der Waals surface area contributed by atoms with Crippen molar-refractivity contribution in [3.8, 4) is 0 Å². The summed E-state index contributed by atoms with van der Waals surface area (Å²) in [6.07, 6.45) is 7.16. The van der Waals surface area contributed by atoms with Crippen LogP contribution in [0.1, 0.15) is 44.1 Å². The number of aliphatic hydroxyl groups excluding tert-OH is 1. The molecule has 1 N–H and O–H groups in total. The molecule has 1 aliphatic carbocycles. The fourth-order valence-corrected chi connectivity index (χ4v) is 3.10. The summed E-state index contributed by atoms with van der Waals surface area (Å²) in [7, 11) is 0. The number of benzene rings is 1. The smallest absolute Gasteiger partial charge is 0.127 e. The lowest BCUT2D eigenvalue weighted by Crippen LogP contribution is -2.13. The monoisotopic (exact) mass is 314 g/mol. The SMILES string of the molecule is OC(CCC1CCCC1)Cc1ccc(Br)cc1F.